The Kier molecular flexibility index (Phi) is 4.87. The number of halogens is 3. The predicted molar refractivity (Wildman–Crippen MR) is 115 cm³/mol. The van der Waals surface area contributed by atoms with Crippen LogP contribution in [-0.4, -0.2) is 41.3 Å². The quantitative estimate of drug-likeness (QED) is 0.368. The second-order valence-electron chi connectivity index (χ2n) is 7.96. The summed E-state index contributed by atoms with van der Waals surface area (Å²) < 4.78 is 52.6. The van der Waals surface area contributed by atoms with Crippen LogP contribution >= 0.6 is 0 Å². The van der Waals surface area contributed by atoms with Gasteiger partial charge in [0.2, 0.25) is 0 Å². The van der Waals surface area contributed by atoms with Crippen LogP contribution in [0.25, 0.3) is 23.0 Å². The third-order valence-corrected chi connectivity index (χ3v) is 5.72. The van der Waals surface area contributed by atoms with Gasteiger partial charge in [-0.2, -0.15) is 13.8 Å². The molecule has 12 heteroatoms. The Bertz CT molecular complexity index is 1540. The lowest BCUT2D eigenvalue weighted by Crippen LogP contribution is -2.06. The summed E-state index contributed by atoms with van der Waals surface area (Å²) in [6.45, 7) is -1.26. The molecule has 0 amide bonds. The summed E-state index contributed by atoms with van der Waals surface area (Å²) in [5.41, 5.74) is 4.54. The van der Waals surface area contributed by atoms with Crippen LogP contribution in [0.2, 0.25) is 0 Å². The molecule has 6 rings (SSSR count). The summed E-state index contributed by atoms with van der Waals surface area (Å²) in [6.07, 6.45) is 2.33. The van der Waals surface area contributed by atoms with E-state index in [0.29, 0.717) is 47.1 Å². The highest BCUT2D eigenvalue weighted by Gasteiger charge is 2.29. The van der Waals surface area contributed by atoms with Crippen molar-refractivity contribution in [1.82, 2.24) is 34.7 Å². The van der Waals surface area contributed by atoms with E-state index in [1.165, 1.54) is 24.3 Å². The van der Waals surface area contributed by atoms with Crippen molar-refractivity contribution in [2.75, 3.05) is 0 Å². The zero-order chi connectivity index (χ0) is 24.1. The van der Waals surface area contributed by atoms with E-state index in [-0.39, 0.29) is 17.5 Å². The third kappa shape index (κ3) is 3.72. The molecule has 5 aromatic rings. The van der Waals surface area contributed by atoms with Crippen LogP contribution in [0.5, 0.6) is 5.75 Å². The molecule has 35 heavy (non-hydrogen) atoms. The molecule has 176 valence electrons. The average molecular weight is 479 g/mol. The van der Waals surface area contributed by atoms with E-state index in [9.17, 15) is 13.2 Å². The lowest BCUT2D eigenvalue weighted by Gasteiger charge is -2.12. The van der Waals surface area contributed by atoms with Crippen LogP contribution in [0.1, 0.15) is 28.5 Å². The first-order chi connectivity index (χ1) is 17.0. The lowest BCUT2D eigenvalue weighted by atomic mass is 10.1. The summed E-state index contributed by atoms with van der Waals surface area (Å²) in [5, 5.41) is 12.5. The monoisotopic (exact) mass is 479 g/mol. The fourth-order valence-electron chi connectivity index (χ4n) is 4.17. The van der Waals surface area contributed by atoms with Crippen molar-refractivity contribution in [2.45, 2.75) is 26.4 Å². The predicted octanol–water partition coefficient (Wildman–Crippen LogP) is 4.05. The summed E-state index contributed by atoms with van der Waals surface area (Å²) >= 11 is 0. The minimum absolute atomic E-state index is 0.0170. The first-order valence-corrected chi connectivity index (χ1v) is 10.6. The number of imidazole rings is 1. The normalized spacial score (nSPS) is 12.3. The molecule has 0 spiro atoms. The number of benzene rings is 2. The van der Waals surface area contributed by atoms with Crippen LogP contribution in [-0.2, 0) is 12.8 Å². The highest BCUT2D eigenvalue weighted by molar-refractivity contribution is 5.63. The van der Waals surface area contributed by atoms with E-state index >= 15 is 0 Å². The van der Waals surface area contributed by atoms with E-state index in [0.717, 1.165) is 11.3 Å². The molecule has 0 bridgehead atoms. The lowest BCUT2D eigenvalue weighted by molar-refractivity contribution is -0.0498. The van der Waals surface area contributed by atoms with Gasteiger partial charge >= 0.3 is 6.61 Å². The molecular weight excluding hydrogens is 463 g/mol. The van der Waals surface area contributed by atoms with Crippen molar-refractivity contribution < 1.29 is 22.4 Å². The maximum Gasteiger partial charge on any atom is 0.387 e. The second-order valence-corrected chi connectivity index (χ2v) is 7.96. The molecule has 4 heterocycles. The van der Waals surface area contributed by atoms with Gasteiger partial charge in [0.05, 0.1) is 28.5 Å². The second kappa shape index (κ2) is 8.08. The van der Waals surface area contributed by atoms with Crippen LogP contribution in [0.15, 0.2) is 53.3 Å². The summed E-state index contributed by atoms with van der Waals surface area (Å²) in [7, 11) is 0. The van der Waals surface area contributed by atoms with Gasteiger partial charge in [-0.25, -0.2) is 14.1 Å². The van der Waals surface area contributed by atoms with Gasteiger partial charge in [-0.05, 0) is 36.8 Å². The van der Waals surface area contributed by atoms with Crippen molar-refractivity contribution in [3.05, 3.63) is 83.1 Å². The molecule has 2 aromatic carbocycles. The van der Waals surface area contributed by atoms with Crippen molar-refractivity contribution in [3.8, 4) is 28.7 Å². The Morgan fingerprint density at radius 1 is 1.09 bits per heavy atom. The molecule has 0 radical (unpaired) electrons. The number of hydrogen-bond acceptors (Lipinski definition) is 7. The third-order valence-electron chi connectivity index (χ3n) is 5.72. The average Bonchev–Trinajstić information content (AvgIpc) is 3.53. The Hall–Kier alpha value is -4.48. The van der Waals surface area contributed by atoms with E-state index in [1.807, 2.05) is 4.57 Å². The Balaban J connectivity index is 1.53. The number of hydrogen-bond donors (Lipinski definition) is 0. The molecule has 0 saturated carbocycles. The molecule has 1 aliphatic heterocycles. The number of rotatable bonds is 5. The zero-order valence-corrected chi connectivity index (χ0v) is 18.2. The standard InChI is InChI=1S/C23H16F3N7O2/c1-12-28-22(35-30-12)21-20-10-18-16(8-13-2-4-14(24)5-3-13)29-31-33(18)19-9-15(34-23(25)26)6-7-17(19)32(20)11-27-21/h2-7,9,11,23H,8,10H2,1H3. The Morgan fingerprint density at radius 2 is 1.91 bits per heavy atom. The van der Waals surface area contributed by atoms with Gasteiger partial charge in [-0.15, -0.1) is 5.10 Å². The SMILES string of the molecule is Cc1noc(-c2ncn3c2Cc2c(Cc4ccc(F)cc4)nnn2-c2cc(OC(F)F)ccc2-3)n1. The van der Waals surface area contributed by atoms with Crippen molar-refractivity contribution in [3.63, 3.8) is 0 Å². The summed E-state index contributed by atoms with van der Waals surface area (Å²) in [5.74, 6) is 0.376. The smallest absolute Gasteiger partial charge is 0.387 e. The van der Waals surface area contributed by atoms with Gasteiger partial charge in [-0.1, -0.05) is 22.5 Å². The fraction of sp³-hybridized carbons (Fsp3) is 0.174. The van der Waals surface area contributed by atoms with Crippen LogP contribution < -0.4 is 4.74 Å². The van der Waals surface area contributed by atoms with Crippen molar-refractivity contribution in [2.24, 2.45) is 0 Å². The van der Waals surface area contributed by atoms with Gasteiger partial charge in [0.1, 0.15) is 17.9 Å². The van der Waals surface area contributed by atoms with Crippen LogP contribution in [0, 0.1) is 12.7 Å². The number of alkyl halides is 2. The van der Waals surface area contributed by atoms with Gasteiger partial charge in [0.15, 0.2) is 11.5 Å². The molecule has 9 nitrogen and oxygen atoms in total. The molecule has 0 fully saturated rings. The molecule has 1 aliphatic rings. The minimum Gasteiger partial charge on any atom is -0.435 e. The van der Waals surface area contributed by atoms with Crippen LogP contribution in [0.3, 0.4) is 0 Å². The molecule has 0 N–H and O–H groups in total. The van der Waals surface area contributed by atoms with Gasteiger partial charge in [0, 0.05) is 18.9 Å². The topological polar surface area (TPSA) is 96.7 Å². The molecule has 0 unspecified atom stereocenters. The Morgan fingerprint density at radius 3 is 2.66 bits per heavy atom. The highest BCUT2D eigenvalue weighted by atomic mass is 19.3. The molecule has 3 aromatic heterocycles. The number of nitrogens with zero attached hydrogens (tertiary/aromatic N) is 7. The first-order valence-electron chi connectivity index (χ1n) is 10.6. The maximum absolute atomic E-state index is 13.4. The summed E-state index contributed by atoms with van der Waals surface area (Å²) in [4.78, 5) is 8.80. The largest absolute Gasteiger partial charge is 0.435 e. The van der Waals surface area contributed by atoms with E-state index < -0.39 is 6.61 Å². The van der Waals surface area contributed by atoms with E-state index in [1.54, 1.807) is 36.1 Å². The van der Waals surface area contributed by atoms with Gasteiger partial charge < -0.3 is 9.26 Å². The maximum atomic E-state index is 13.4. The number of aromatic nitrogens is 7. The minimum atomic E-state index is -2.97. The fourth-order valence-corrected chi connectivity index (χ4v) is 4.17. The molecule has 0 atom stereocenters. The molecule has 0 aliphatic carbocycles. The highest BCUT2D eigenvalue weighted by Crippen LogP contribution is 2.35. The van der Waals surface area contributed by atoms with Gasteiger partial charge in [0.25, 0.3) is 5.89 Å². The van der Waals surface area contributed by atoms with E-state index in [4.69, 9.17) is 4.52 Å². The van der Waals surface area contributed by atoms with Crippen molar-refractivity contribution in [1.29, 1.82) is 0 Å². The number of ether oxygens (including phenoxy) is 1. The Labute approximate surface area is 195 Å². The first kappa shape index (κ1) is 21.1. The van der Waals surface area contributed by atoms with Crippen molar-refractivity contribution >= 4 is 0 Å². The van der Waals surface area contributed by atoms with Crippen LogP contribution in [0.4, 0.5) is 13.2 Å². The zero-order valence-electron chi connectivity index (χ0n) is 18.2. The summed E-state index contributed by atoms with van der Waals surface area (Å²) in [6, 6.07) is 10.7. The number of aryl methyl sites for hydroxylation is 1. The number of fused-ring (bicyclic) bond motifs is 5. The molecule has 0 saturated heterocycles. The molecular formula is C23H16F3N7O2. The van der Waals surface area contributed by atoms with Gasteiger partial charge in [-0.3, -0.25) is 4.57 Å². The van der Waals surface area contributed by atoms with E-state index in [2.05, 4.69) is 30.2 Å².